The molecule has 0 aliphatic heterocycles. The fourth-order valence-corrected chi connectivity index (χ4v) is 2.07. The van der Waals surface area contributed by atoms with Gasteiger partial charge >= 0.3 is 0 Å². The van der Waals surface area contributed by atoms with Crippen LogP contribution in [0.5, 0.6) is 5.75 Å². The van der Waals surface area contributed by atoms with Crippen LogP contribution in [0.1, 0.15) is 58.9 Å². The van der Waals surface area contributed by atoms with Crippen molar-refractivity contribution in [3.63, 3.8) is 0 Å². The molecule has 20 heavy (non-hydrogen) atoms. The highest BCUT2D eigenvalue weighted by atomic mass is 16.5. The van der Waals surface area contributed by atoms with Gasteiger partial charge in [-0.3, -0.25) is 0 Å². The van der Waals surface area contributed by atoms with E-state index in [0.29, 0.717) is 0 Å². The second-order valence-corrected chi connectivity index (χ2v) is 6.07. The fourth-order valence-electron chi connectivity index (χ4n) is 2.07. The average Bonchev–Trinajstić information content (AvgIpc) is 2.47. The van der Waals surface area contributed by atoms with E-state index in [1.165, 1.54) is 24.8 Å². The van der Waals surface area contributed by atoms with Gasteiger partial charge in [0.05, 0.1) is 0 Å². The van der Waals surface area contributed by atoms with Crippen LogP contribution in [-0.2, 0) is 5.41 Å². The summed E-state index contributed by atoms with van der Waals surface area (Å²) in [6.07, 6.45) is 4.99. The van der Waals surface area contributed by atoms with Crippen LogP contribution in [0.4, 0.5) is 0 Å². The standard InChI is InChI=1S/C18H31NO/c1-5-7-8-13-19-14-15-20-17-11-9-16(10-12-17)18(3,4)6-2/h9-12,19H,5-8,13-15H2,1-4H3. The van der Waals surface area contributed by atoms with Gasteiger partial charge in [-0.2, -0.15) is 0 Å². The number of rotatable bonds is 10. The molecule has 0 saturated heterocycles. The SMILES string of the molecule is CCCCCNCCOc1ccc(C(C)(C)CC)cc1. The zero-order valence-electron chi connectivity index (χ0n) is 13.7. The number of unbranched alkanes of at least 4 members (excludes halogenated alkanes) is 2. The van der Waals surface area contributed by atoms with Gasteiger partial charge in [-0.25, -0.2) is 0 Å². The molecular formula is C18H31NO. The lowest BCUT2D eigenvalue weighted by atomic mass is 9.82. The van der Waals surface area contributed by atoms with Gasteiger partial charge < -0.3 is 10.1 Å². The summed E-state index contributed by atoms with van der Waals surface area (Å²) in [5.74, 6) is 0.969. The van der Waals surface area contributed by atoms with Crippen LogP contribution in [-0.4, -0.2) is 19.7 Å². The van der Waals surface area contributed by atoms with E-state index in [1.54, 1.807) is 0 Å². The van der Waals surface area contributed by atoms with Gasteiger partial charge in [0.15, 0.2) is 0 Å². The van der Waals surface area contributed by atoms with Crippen molar-refractivity contribution in [2.75, 3.05) is 19.7 Å². The van der Waals surface area contributed by atoms with E-state index in [2.05, 4.69) is 57.3 Å². The molecule has 0 atom stereocenters. The van der Waals surface area contributed by atoms with E-state index in [-0.39, 0.29) is 5.41 Å². The Morgan fingerprint density at radius 2 is 1.70 bits per heavy atom. The van der Waals surface area contributed by atoms with Crippen LogP contribution in [0.25, 0.3) is 0 Å². The summed E-state index contributed by atoms with van der Waals surface area (Å²) in [6.45, 7) is 11.8. The number of benzene rings is 1. The Bertz CT molecular complexity index is 356. The molecule has 0 aromatic heterocycles. The summed E-state index contributed by atoms with van der Waals surface area (Å²) in [7, 11) is 0. The minimum Gasteiger partial charge on any atom is -0.492 e. The first-order valence-corrected chi connectivity index (χ1v) is 8.04. The van der Waals surface area contributed by atoms with Crippen molar-refractivity contribution in [1.82, 2.24) is 5.32 Å². The monoisotopic (exact) mass is 277 g/mol. The van der Waals surface area contributed by atoms with Crippen molar-refractivity contribution in [2.24, 2.45) is 0 Å². The Morgan fingerprint density at radius 3 is 2.30 bits per heavy atom. The lowest BCUT2D eigenvalue weighted by molar-refractivity contribution is 0.313. The summed E-state index contributed by atoms with van der Waals surface area (Å²) in [5.41, 5.74) is 1.63. The summed E-state index contributed by atoms with van der Waals surface area (Å²) >= 11 is 0. The zero-order valence-corrected chi connectivity index (χ0v) is 13.7. The molecule has 0 bridgehead atoms. The molecule has 1 rings (SSSR count). The molecule has 1 aromatic carbocycles. The van der Waals surface area contributed by atoms with Gasteiger partial charge in [-0.15, -0.1) is 0 Å². The van der Waals surface area contributed by atoms with Gasteiger partial charge in [-0.1, -0.05) is 52.7 Å². The Balaban J connectivity index is 2.25. The predicted octanol–water partition coefficient (Wildman–Crippen LogP) is 4.53. The van der Waals surface area contributed by atoms with Crippen LogP contribution in [0.3, 0.4) is 0 Å². The average molecular weight is 277 g/mol. The van der Waals surface area contributed by atoms with Crippen LogP contribution < -0.4 is 10.1 Å². The normalized spacial score (nSPS) is 11.6. The highest BCUT2D eigenvalue weighted by molar-refractivity contribution is 5.31. The van der Waals surface area contributed by atoms with Crippen molar-refractivity contribution < 1.29 is 4.74 Å². The summed E-state index contributed by atoms with van der Waals surface area (Å²) in [4.78, 5) is 0. The molecule has 0 heterocycles. The van der Waals surface area contributed by atoms with E-state index < -0.39 is 0 Å². The minimum absolute atomic E-state index is 0.249. The van der Waals surface area contributed by atoms with Gasteiger partial charge in [0.25, 0.3) is 0 Å². The van der Waals surface area contributed by atoms with Crippen molar-refractivity contribution in [3.05, 3.63) is 29.8 Å². The van der Waals surface area contributed by atoms with Crippen molar-refractivity contribution in [3.8, 4) is 5.75 Å². The Kier molecular flexibility index (Phi) is 7.68. The third kappa shape index (κ3) is 5.96. The Morgan fingerprint density at radius 1 is 1.00 bits per heavy atom. The first kappa shape index (κ1) is 17.0. The molecule has 114 valence electrons. The molecule has 1 N–H and O–H groups in total. The summed E-state index contributed by atoms with van der Waals surface area (Å²) in [5, 5.41) is 3.41. The molecule has 0 fully saturated rings. The fraction of sp³-hybridized carbons (Fsp3) is 0.667. The lowest BCUT2D eigenvalue weighted by Gasteiger charge is -2.23. The van der Waals surface area contributed by atoms with Gasteiger partial charge in [0.1, 0.15) is 12.4 Å². The number of hydrogen-bond donors (Lipinski definition) is 1. The first-order valence-electron chi connectivity index (χ1n) is 8.04. The maximum atomic E-state index is 5.75. The number of nitrogens with one attached hydrogen (secondary N) is 1. The van der Waals surface area contributed by atoms with E-state index >= 15 is 0 Å². The largest absolute Gasteiger partial charge is 0.492 e. The Labute approximate surface area is 124 Å². The highest BCUT2D eigenvalue weighted by Gasteiger charge is 2.17. The zero-order chi connectivity index (χ0) is 14.8. The second kappa shape index (κ2) is 9.02. The summed E-state index contributed by atoms with van der Waals surface area (Å²) in [6, 6.07) is 8.55. The quantitative estimate of drug-likeness (QED) is 0.634. The van der Waals surface area contributed by atoms with Crippen molar-refractivity contribution >= 4 is 0 Å². The predicted molar refractivity (Wildman–Crippen MR) is 87.6 cm³/mol. The molecule has 0 spiro atoms. The molecule has 0 aliphatic rings. The third-order valence-electron chi connectivity index (χ3n) is 4.02. The minimum atomic E-state index is 0.249. The van der Waals surface area contributed by atoms with Crippen LogP contribution >= 0.6 is 0 Å². The van der Waals surface area contributed by atoms with E-state index in [4.69, 9.17) is 4.74 Å². The molecule has 1 aromatic rings. The van der Waals surface area contributed by atoms with E-state index in [0.717, 1.165) is 31.9 Å². The van der Waals surface area contributed by atoms with Crippen molar-refractivity contribution in [2.45, 2.75) is 58.8 Å². The summed E-state index contributed by atoms with van der Waals surface area (Å²) < 4.78 is 5.75. The third-order valence-corrected chi connectivity index (χ3v) is 4.02. The van der Waals surface area contributed by atoms with Gasteiger partial charge in [0, 0.05) is 6.54 Å². The van der Waals surface area contributed by atoms with Crippen molar-refractivity contribution in [1.29, 1.82) is 0 Å². The van der Waals surface area contributed by atoms with Gasteiger partial charge in [0.2, 0.25) is 0 Å². The Hall–Kier alpha value is -1.02. The van der Waals surface area contributed by atoms with Gasteiger partial charge in [-0.05, 0) is 42.5 Å². The molecule has 0 saturated carbocycles. The maximum Gasteiger partial charge on any atom is 0.119 e. The van der Waals surface area contributed by atoms with Crippen LogP contribution in [0.15, 0.2) is 24.3 Å². The molecule has 2 heteroatoms. The van der Waals surface area contributed by atoms with E-state index in [9.17, 15) is 0 Å². The number of ether oxygens (including phenoxy) is 1. The molecule has 0 unspecified atom stereocenters. The molecule has 2 nitrogen and oxygen atoms in total. The topological polar surface area (TPSA) is 21.3 Å². The molecular weight excluding hydrogens is 246 g/mol. The molecule has 0 aliphatic carbocycles. The van der Waals surface area contributed by atoms with Crippen LogP contribution in [0.2, 0.25) is 0 Å². The highest BCUT2D eigenvalue weighted by Crippen LogP contribution is 2.27. The second-order valence-electron chi connectivity index (χ2n) is 6.07. The number of hydrogen-bond acceptors (Lipinski definition) is 2. The molecule has 0 amide bonds. The van der Waals surface area contributed by atoms with E-state index in [1.807, 2.05) is 0 Å². The lowest BCUT2D eigenvalue weighted by Crippen LogP contribution is -2.22. The smallest absolute Gasteiger partial charge is 0.119 e. The first-order chi connectivity index (χ1) is 9.60. The maximum absolute atomic E-state index is 5.75. The molecule has 0 radical (unpaired) electrons. The van der Waals surface area contributed by atoms with Crippen LogP contribution in [0, 0.1) is 0 Å².